The van der Waals surface area contributed by atoms with Crippen LogP contribution in [0.15, 0.2) is 97.2 Å². The maximum atomic E-state index is 13.6. The summed E-state index contributed by atoms with van der Waals surface area (Å²) in [4.78, 5) is 37.8. The number of phosphoric acid groups is 1. The molecule has 0 saturated carbocycles. The summed E-state index contributed by atoms with van der Waals surface area (Å²) in [6.07, 6.45) is 84.2. The van der Waals surface area contributed by atoms with Gasteiger partial charge < -0.3 is 19.4 Å². The molecule has 0 aromatic rings. The Morgan fingerprint density at radius 1 is 0.422 bits per heavy atom. The first-order valence-corrected chi connectivity index (χ1v) is 36.1. The van der Waals surface area contributed by atoms with Gasteiger partial charge in [-0.25, -0.2) is 4.57 Å². The van der Waals surface area contributed by atoms with E-state index < -0.39 is 20.0 Å². The van der Waals surface area contributed by atoms with Crippen molar-refractivity contribution in [1.29, 1.82) is 0 Å². The van der Waals surface area contributed by atoms with Crippen LogP contribution in [0, 0.1) is 0 Å². The number of nitrogens with zero attached hydrogens (tertiary/aromatic N) is 1. The molecular weight excluding hydrogens is 1050 g/mol. The van der Waals surface area contributed by atoms with E-state index in [1.54, 1.807) is 0 Å². The Balaban J connectivity index is 5.07. The number of allylic oxidation sites excluding steroid dienone is 15. The maximum absolute atomic E-state index is 13.6. The molecule has 0 aliphatic rings. The number of esters is 1. The normalized spacial score (nSPS) is 14.2. The minimum absolute atomic E-state index is 0.0303. The average Bonchev–Trinajstić information content (AvgIpc) is 3.52. The first kappa shape index (κ1) is 79.9. The number of carbonyl (C=O) groups is 2. The van der Waals surface area contributed by atoms with Gasteiger partial charge in [0.15, 0.2) is 0 Å². The van der Waals surface area contributed by atoms with Crippen LogP contribution in [0.2, 0.25) is 0 Å². The van der Waals surface area contributed by atoms with Crippen LogP contribution in [-0.2, 0) is 27.9 Å². The number of hydrogen-bond acceptors (Lipinski definition) is 6. The average molecular weight is 1180 g/mol. The van der Waals surface area contributed by atoms with Crippen LogP contribution in [0.4, 0.5) is 0 Å². The second kappa shape index (κ2) is 62.0. The van der Waals surface area contributed by atoms with Crippen LogP contribution in [0.5, 0.6) is 0 Å². The molecule has 0 heterocycles. The lowest BCUT2D eigenvalue weighted by Gasteiger charge is -2.27. The van der Waals surface area contributed by atoms with Gasteiger partial charge in [-0.05, 0) is 115 Å². The van der Waals surface area contributed by atoms with E-state index in [9.17, 15) is 19.0 Å². The van der Waals surface area contributed by atoms with E-state index >= 15 is 0 Å². The van der Waals surface area contributed by atoms with Crippen molar-refractivity contribution in [2.45, 2.75) is 315 Å². The van der Waals surface area contributed by atoms with Gasteiger partial charge >= 0.3 is 13.8 Å². The number of quaternary nitrogens is 1. The number of carbonyl (C=O) groups excluding carboxylic acids is 2. The van der Waals surface area contributed by atoms with Crippen LogP contribution >= 0.6 is 7.82 Å². The standard InChI is InChI=1S/C73H131N2O7P/c1-7-10-13-16-19-22-25-27-29-31-33-34-35-36-37-38-39-40-42-44-46-48-51-54-57-60-63-66-73(77)82-71(64-61-58-55-52-49-24-21-18-15-12-9-3)70(69-81-83(78,79)80-68-67-75(4,5)6)74-72(76)65-62-59-56-53-50-47-45-43-41-32-30-28-26-23-20-17-14-11-8-2/h19-20,22-23,27-30,33-34,41,43,47,50,61,64,70-71H,7-18,21,24-26,31-32,35-40,42,44-46,48-49,51-60,62-63,65-69H2,1-6H3,(H-,74,76,78,79)/p+1/b22-19-,23-20-,29-27-,30-28-,34-33-,43-41-,50-47-,64-61-. The third-order valence-corrected chi connectivity index (χ3v) is 16.0. The number of likely N-dealkylation sites (N-methyl/N-ethyl adjacent to an activating group) is 1. The molecular formula is C73H132N2O7P+. The van der Waals surface area contributed by atoms with E-state index in [0.717, 1.165) is 89.9 Å². The third-order valence-electron chi connectivity index (χ3n) is 15.0. The highest BCUT2D eigenvalue weighted by Gasteiger charge is 2.30. The maximum Gasteiger partial charge on any atom is 0.472 e. The number of unbranched alkanes of at least 4 members (excludes halogenated alkanes) is 32. The van der Waals surface area contributed by atoms with Crippen LogP contribution in [0.25, 0.3) is 0 Å². The number of rotatable bonds is 62. The summed E-state index contributed by atoms with van der Waals surface area (Å²) < 4.78 is 30.7. The van der Waals surface area contributed by atoms with E-state index in [-0.39, 0.29) is 31.5 Å². The molecule has 0 saturated heterocycles. The lowest BCUT2D eigenvalue weighted by molar-refractivity contribution is -0.870. The van der Waals surface area contributed by atoms with Crippen molar-refractivity contribution in [3.63, 3.8) is 0 Å². The minimum atomic E-state index is -4.47. The van der Waals surface area contributed by atoms with Crippen LogP contribution in [0.1, 0.15) is 303 Å². The second-order valence-electron chi connectivity index (χ2n) is 24.3. The van der Waals surface area contributed by atoms with Crippen molar-refractivity contribution in [3.05, 3.63) is 97.2 Å². The van der Waals surface area contributed by atoms with Crippen molar-refractivity contribution in [2.75, 3.05) is 40.9 Å². The molecule has 0 radical (unpaired) electrons. The number of nitrogens with one attached hydrogen (secondary N) is 1. The van der Waals surface area contributed by atoms with Gasteiger partial charge in [0, 0.05) is 12.8 Å². The molecule has 10 heteroatoms. The first-order valence-electron chi connectivity index (χ1n) is 34.6. The van der Waals surface area contributed by atoms with Gasteiger partial charge in [-0.2, -0.15) is 0 Å². The summed E-state index contributed by atoms with van der Waals surface area (Å²) >= 11 is 0. The number of hydrogen-bond donors (Lipinski definition) is 2. The molecule has 83 heavy (non-hydrogen) atoms. The van der Waals surface area contributed by atoms with Gasteiger partial charge in [-0.3, -0.25) is 18.6 Å². The molecule has 3 unspecified atom stereocenters. The van der Waals surface area contributed by atoms with Gasteiger partial charge in [0.05, 0.1) is 33.8 Å². The lowest BCUT2D eigenvalue weighted by atomic mass is 10.0. The van der Waals surface area contributed by atoms with Crippen molar-refractivity contribution >= 4 is 19.7 Å². The van der Waals surface area contributed by atoms with E-state index in [1.807, 2.05) is 33.3 Å². The fourth-order valence-corrected chi connectivity index (χ4v) is 10.4. The number of phosphoric ester groups is 1. The van der Waals surface area contributed by atoms with Gasteiger partial charge in [0.25, 0.3) is 0 Å². The first-order chi connectivity index (χ1) is 40.4. The molecule has 9 nitrogen and oxygen atoms in total. The van der Waals surface area contributed by atoms with Gasteiger partial charge in [-0.1, -0.05) is 272 Å². The van der Waals surface area contributed by atoms with Crippen molar-refractivity contribution in [1.82, 2.24) is 5.32 Å². The predicted octanol–water partition coefficient (Wildman–Crippen LogP) is 21.9. The lowest BCUT2D eigenvalue weighted by Crippen LogP contribution is -2.47. The zero-order chi connectivity index (χ0) is 60.7. The molecule has 0 fully saturated rings. The van der Waals surface area contributed by atoms with E-state index in [0.29, 0.717) is 23.9 Å². The molecule has 0 rings (SSSR count). The van der Waals surface area contributed by atoms with E-state index in [4.69, 9.17) is 13.8 Å². The number of amides is 1. The molecule has 1 amide bonds. The smallest absolute Gasteiger partial charge is 0.456 e. The fraction of sp³-hybridized carbons (Fsp3) is 0.753. The molecule has 2 N–H and O–H groups in total. The quantitative estimate of drug-likeness (QED) is 0.0205. The Morgan fingerprint density at radius 3 is 1.13 bits per heavy atom. The Morgan fingerprint density at radius 2 is 0.735 bits per heavy atom. The SMILES string of the molecule is CCCCC/C=C\C/C=C\C/C=C\C/C=C\CCCCCC(=O)NC(COP(=O)(O)OCC[N+](C)(C)C)C(/C=C\CCCCCCCCCCC)OC(=O)CCCCCCCCCCCCCCCC/C=C\C/C=C\C/C=C\CCCCC. The number of ether oxygens (including phenoxy) is 1. The summed E-state index contributed by atoms with van der Waals surface area (Å²) in [5.41, 5.74) is 0. The van der Waals surface area contributed by atoms with Crippen molar-refractivity contribution in [2.24, 2.45) is 0 Å². The van der Waals surface area contributed by atoms with Crippen molar-refractivity contribution < 1.29 is 37.3 Å². The summed E-state index contributed by atoms with van der Waals surface area (Å²) in [6.45, 7) is 6.94. The van der Waals surface area contributed by atoms with E-state index in [1.165, 1.54) is 173 Å². The van der Waals surface area contributed by atoms with Gasteiger partial charge in [-0.15, -0.1) is 0 Å². The molecule has 480 valence electrons. The van der Waals surface area contributed by atoms with Crippen molar-refractivity contribution in [3.8, 4) is 0 Å². The highest BCUT2D eigenvalue weighted by atomic mass is 31.2. The molecule has 0 aromatic heterocycles. The zero-order valence-corrected chi connectivity index (χ0v) is 55.8. The Hall–Kier alpha value is -3.07. The minimum Gasteiger partial charge on any atom is -0.456 e. The summed E-state index contributed by atoms with van der Waals surface area (Å²) in [7, 11) is 1.47. The molecule has 0 aliphatic heterocycles. The highest BCUT2D eigenvalue weighted by molar-refractivity contribution is 7.47. The van der Waals surface area contributed by atoms with Crippen LogP contribution < -0.4 is 5.32 Å². The van der Waals surface area contributed by atoms with Crippen LogP contribution in [0.3, 0.4) is 0 Å². The predicted molar refractivity (Wildman–Crippen MR) is 360 cm³/mol. The third kappa shape index (κ3) is 63.3. The molecule has 0 bridgehead atoms. The Bertz CT molecular complexity index is 1740. The monoisotopic (exact) mass is 1180 g/mol. The second-order valence-corrected chi connectivity index (χ2v) is 25.8. The van der Waals surface area contributed by atoms with Gasteiger partial charge in [0.1, 0.15) is 19.3 Å². The largest absolute Gasteiger partial charge is 0.472 e. The summed E-state index contributed by atoms with van der Waals surface area (Å²) in [5.74, 6) is -0.540. The molecule has 0 aromatic carbocycles. The molecule has 3 atom stereocenters. The molecule has 0 spiro atoms. The Labute approximate surface area is 513 Å². The molecule has 0 aliphatic carbocycles. The van der Waals surface area contributed by atoms with Gasteiger partial charge in [0.2, 0.25) is 5.91 Å². The Kier molecular flexibility index (Phi) is 59.7. The van der Waals surface area contributed by atoms with E-state index in [2.05, 4.69) is 111 Å². The summed E-state index contributed by atoms with van der Waals surface area (Å²) in [5, 5.41) is 3.04. The fourth-order valence-electron chi connectivity index (χ4n) is 9.64. The highest BCUT2D eigenvalue weighted by Crippen LogP contribution is 2.43. The van der Waals surface area contributed by atoms with Crippen LogP contribution in [-0.4, -0.2) is 74.3 Å². The topological polar surface area (TPSA) is 111 Å². The summed E-state index contributed by atoms with van der Waals surface area (Å²) in [6, 6.07) is -0.870. The zero-order valence-electron chi connectivity index (χ0n) is 54.9.